The van der Waals surface area contributed by atoms with E-state index in [1.54, 1.807) is 41.1 Å². The number of rotatable bonds is 5. The van der Waals surface area contributed by atoms with Crippen LogP contribution in [0.1, 0.15) is 21.6 Å². The number of nitrogens with zero attached hydrogens (tertiary/aromatic N) is 1. The lowest BCUT2D eigenvalue weighted by atomic mass is 10.1. The summed E-state index contributed by atoms with van der Waals surface area (Å²) in [6, 6.07) is 21.6. The van der Waals surface area contributed by atoms with Crippen LogP contribution >= 0.6 is 0 Å². The number of carbonyl (C=O) groups is 1. The van der Waals surface area contributed by atoms with Crippen molar-refractivity contribution in [1.82, 2.24) is 14.9 Å². The van der Waals surface area contributed by atoms with Crippen molar-refractivity contribution in [3.05, 3.63) is 117 Å². The molecule has 2 aromatic heterocycles. The van der Waals surface area contributed by atoms with E-state index in [-0.39, 0.29) is 22.7 Å². The summed E-state index contributed by atoms with van der Waals surface area (Å²) >= 11 is 0. The van der Waals surface area contributed by atoms with Crippen LogP contribution in [-0.4, -0.2) is 15.5 Å². The monoisotopic (exact) mass is 385 g/mol. The van der Waals surface area contributed by atoms with Crippen molar-refractivity contribution in [2.24, 2.45) is 0 Å². The van der Waals surface area contributed by atoms with Crippen LogP contribution in [0, 0.1) is 0 Å². The molecule has 0 saturated carbocycles. The third kappa shape index (κ3) is 4.16. The molecule has 0 saturated heterocycles. The first kappa shape index (κ1) is 18.4. The molecule has 2 aromatic carbocycles. The molecule has 2 heterocycles. The predicted molar refractivity (Wildman–Crippen MR) is 112 cm³/mol. The van der Waals surface area contributed by atoms with Gasteiger partial charge in [0, 0.05) is 24.2 Å². The second-order valence-corrected chi connectivity index (χ2v) is 6.77. The van der Waals surface area contributed by atoms with Crippen molar-refractivity contribution >= 4 is 16.7 Å². The van der Waals surface area contributed by atoms with Crippen molar-refractivity contribution in [2.75, 3.05) is 0 Å². The van der Waals surface area contributed by atoms with E-state index in [4.69, 9.17) is 0 Å². The van der Waals surface area contributed by atoms with E-state index >= 15 is 0 Å². The minimum atomic E-state index is -0.340. The zero-order valence-electron chi connectivity index (χ0n) is 15.6. The lowest BCUT2D eigenvalue weighted by Crippen LogP contribution is -2.26. The van der Waals surface area contributed by atoms with Gasteiger partial charge in [-0.2, -0.15) is 0 Å². The Morgan fingerprint density at radius 3 is 2.41 bits per heavy atom. The second-order valence-electron chi connectivity index (χ2n) is 6.77. The summed E-state index contributed by atoms with van der Waals surface area (Å²) in [5.41, 5.74) is 1.81. The molecule has 0 fully saturated rings. The topological polar surface area (TPSA) is 84.0 Å². The maximum atomic E-state index is 12.4. The Kier molecular flexibility index (Phi) is 5.07. The van der Waals surface area contributed by atoms with Gasteiger partial charge in [-0.1, -0.05) is 48.5 Å². The summed E-state index contributed by atoms with van der Waals surface area (Å²) < 4.78 is 1.63. The van der Waals surface area contributed by atoms with Gasteiger partial charge in [0.15, 0.2) is 0 Å². The largest absolute Gasteiger partial charge is 0.347 e. The van der Waals surface area contributed by atoms with Crippen LogP contribution in [0.15, 0.2) is 88.6 Å². The van der Waals surface area contributed by atoms with Gasteiger partial charge in [0.05, 0.1) is 6.54 Å². The summed E-state index contributed by atoms with van der Waals surface area (Å²) in [5, 5.41) is 4.10. The molecule has 6 heteroatoms. The van der Waals surface area contributed by atoms with E-state index < -0.39 is 0 Å². The van der Waals surface area contributed by atoms with Crippen LogP contribution < -0.4 is 16.4 Å². The van der Waals surface area contributed by atoms with E-state index in [2.05, 4.69) is 10.3 Å². The highest BCUT2D eigenvalue weighted by molar-refractivity contribution is 5.96. The highest BCUT2D eigenvalue weighted by Gasteiger charge is 2.09. The molecular formula is C23H19N3O3. The third-order valence-electron chi connectivity index (χ3n) is 4.73. The molecular weight excluding hydrogens is 366 g/mol. The molecule has 29 heavy (non-hydrogen) atoms. The number of hydrogen-bond donors (Lipinski definition) is 2. The number of hydrogen-bond acceptors (Lipinski definition) is 3. The van der Waals surface area contributed by atoms with E-state index in [1.165, 1.54) is 6.07 Å². The molecule has 2 N–H and O–H groups in total. The zero-order valence-corrected chi connectivity index (χ0v) is 15.6. The molecule has 144 valence electrons. The van der Waals surface area contributed by atoms with Crippen molar-refractivity contribution in [2.45, 2.75) is 13.1 Å². The minimum absolute atomic E-state index is 0.0479. The van der Waals surface area contributed by atoms with Gasteiger partial charge < -0.3 is 14.9 Å². The van der Waals surface area contributed by atoms with Crippen LogP contribution in [0.5, 0.6) is 0 Å². The predicted octanol–water partition coefficient (Wildman–Crippen LogP) is 2.67. The molecule has 4 rings (SSSR count). The second kappa shape index (κ2) is 7.98. The van der Waals surface area contributed by atoms with Crippen LogP contribution in [0.25, 0.3) is 10.8 Å². The average molecular weight is 385 g/mol. The van der Waals surface area contributed by atoms with Crippen molar-refractivity contribution in [3.63, 3.8) is 0 Å². The SMILES string of the molecule is O=C(NCc1ccc(Cn2ccccc2=O)cc1)c1cc2ccccc2c(=O)[nH]1. The van der Waals surface area contributed by atoms with Gasteiger partial charge in [-0.15, -0.1) is 0 Å². The number of carbonyl (C=O) groups excluding carboxylic acids is 1. The van der Waals surface area contributed by atoms with E-state index in [0.717, 1.165) is 16.5 Å². The van der Waals surface area contributed by atoms with E-state index in [9.17, 15) is 14.4 Å². The Morgan fingerprint density at radius 2 is 1.62 bits per heavy atom. The first-order valence-corrected chi connectivity index (χ1v) is 9.24. The minimum Gasteiger partial charge on any atom is -0.347 e. The summed E-state index contributed by atoms with van der Waals surface area (Å²) in [6.07, 6.45) is 1.75. The first-order valence-electron chi connectivity index (χ1n) is 9.24. The fraction of sp³-hybridized carbons (Fsp3) is 0.0870. The summed E-state index contributed by atoms with van der Waals surface area (Å²) in [4.78, 5) is 39.0. The van der Waals surface area contributed by atoms with Crippen LogP contribution in [0.4, 0.5) is 0 Å². The maximum absolute atomic E-state index is 12.4. The van der Waals surface area contributed by atoms with Crippen LogP contribution in [0.2, 0.25) is 0 Å². The number of pyridine rings is 2. The number of nitrogens with one attached hydrogen (secondary N) is 2. The van der Waals surface area contributed by atoms with Gasteiger partial charge in [-0.05, 0) is 34.7 Å². The standard InChI is InChI=1S/C23H19N3O3/c27-21-7-3-4-12-26(21)15-17-10-8-16(9-11-17)14-24-23(29)20-13-18-5-1-2-6-19(18)22(28)25-20/h1-13H,14-15H2,(H,24,29)(H,25,28). The number of amides is 1. The zero-order chi connectivity index (χ0) is 20.2. The van der Waals surface area contributed by atoms with Gasteiger partial charge in [0.25, 0.3) is 17.0 Å². The quantitative estimate of drug-likeness (QED) is 0.554. The molecule has 6 nitrogen and oxygen atoms in total. The number of benzene rings is 2. The normalized spacial score (nSPS) is 10.8. The van der Waals surface area contributed by atoms with E-state index in [0.29, 0.717) is 18.5 Å². The molecule has 0 atom stereocenters. The number of H-pyrrole nitrogens is 1. The maximum Gasteiger partial charge on any atom is 0.268 e. The molecule has 0 unspecified atom stereocenters. The molecule has 0 spiro atoms. The summed E-state index contributed by atoms with van der Waals surface area (Å²) in [7, 11) is 0. The third-order valence-corrected chi connectivity index (χ3v) is 4.73. The molecule has 0 bridgehead atoms. The Morgan fingerprint density at radius 1 is 0.897 bits per heavy atom. The summed E-state index contributed by atoms with van der Waals surface area (Å²) in [6.45, 7) is 0.823. The van der Waals surface area contributed by atoms with Gasteiger partial charge >= 0.3 is 0 Å². The van der Waals surface area contributed by atoms with Gasteiger partial charge in [-0.25, -0.2) is 0 Å². The Hall–Kier alpha value is -3.93. The van der Waals surface area contributed by atoms with Gasteiger partial charge in [0.1, 0.15) is 5.69 Å². The highest BCUT2D eigenvalue weighted by Crippen LogP contribution is 2.10. The average Bonchev–Trinajstić information content (AvgIpc) is 2.74. The molecule has 1 amide bonds. The number of aromatic nitrogens is 2. The van der Waals surface area contributed by atoms with Crippen molar-refractivity contribution in [3.8, 4) is 0 Å². The van der Waals surface area contributed by atoms with E-state index in [1.807, 2.05) is 36.4 Å². The molecule has 0 aliphatic rings. The molecule has 0 aliphatic carbocycles. The molecule has 4 aromatic rings. The Balaban J connectivity index is 1.42. The Labute approximate surface area is 166 Å². The fourth-order valence-corrected chi connectivity index (χ4v) is 3.16. The highest BCUT2D eigenvalue weighted by atomic mass is 16.2. The molecule has 0 radical (unpaired) electrons. The first-order chi connectivity index (χ1) is 14.1. The number of fused-ring (bicyclic) bond motifs is 1. The summed E-state index contributed by atoms with van der Waals surface area (Å²) in [5.74, 6) is -0.340. The number of aromatic amines is 1. The smallest absolute Gasteiger partial charge is 0.268 e. The van der Waals surface area contributed by atoms with Crippen molar-refractivity contribution in [1.29, 1.82) is 0 Å². The van der Waals surface area contributed by atoms with Crippen LogP contribution in [0.3, 0.4) is 0 Å². The lowest BCUT2D eigenvalue weighted by molar-refractivity contribution is 0.0946. The van der Waals surface area contributed by atoms with Crippen LogP contribution in [-0.2, 0) is 13.1 Å². The fourth-order valence-electron chi connectivity index (χ4n) is 3.16. The van der Waals surface area contributed by atoms with Crippen molar-refractivity contribution < 1.29 is 4.79 Å². The molecule has 0 aliphatic heterocycles. The Bertz CT molecular complexity index is 1290. The lowest BCUT2D eigenvalue weighted by Gasteiger charge is -2.08. The van der Waals surface area contributed by atoms with Gasteiger partial charge in [0.2, 0.25) is 0 Å². The van der Waals surface area contributed by atoms with Gasteiger partial charge in [-0.3, -0.25) is 14.4 Å².